The Hall–Kier alpha value is -3.22. The van der Waals surface area contributed by atoms with Gasteiger partial charge in [-0.25, -0.2) is 14.1 Å². The maximum absolute atomic E-state index is 14.6. The minimum absolute atomic E-state index is 0.102. The van der Waals surface area contributed by atoms with E-state index in [9.17, 15) is 9.18 Å². The summed E-state index contributed by atoms with van der Waals surface area (Å²) in [5.41, 5.74) is 1.05. The third-order valence-electron chi connectivity index (χ3n) is 5.66. The minimum Gasteiger partial charge on any atom is -0.497 e. The normalized spacial score (nSPS) is 15.7. The maximum Gasteiger partial charge on any atom is 0.235 e. The van der Waals surface area contributed by atoms with Crippen LogP contribution in [0.4, 0.5) is 10.1 Å². The summed E-state index contributed by atoms with van der Waals surface area (Å²) < 4.78 is 21.1. The number of carbonyl (C=O) groups is 1. The lowest BCUT2D eigenvalue weighted by molar-refractivity contribution is -0.122. The van der Waals surface area contributed by atoms with E-state index in [1.165, 1.54) is 23.4 Å². The van der Waals surface area contributed by atoms with Gasteiger partial charge in [-0.1, -0.05) is 31.4 Å². The van der Waals surface area contributed by atoms with E-state index in [0.29, 0.717) is 5.69 Å². The number of hydrogen-bond acceptors (Lipinski definition) is 4. The Balaban J connectivity index is 1.61. The molecule has 0 aliphatic heterocycles. The van der Waals surface area contributed by atoms with Gasteiger partial charge in [-0.3, -0.25) is 4.79 Å². The van der Waals surface area contributed by atoms with E-state index in [1.807, 2.05) is 24.3 Å². The number of halogens is 1. The third kappa shape index (κ3) is 3.72. The molecule has 3 aromatic rings. The van der Waals surface area contributed by atoms with Gasteiger partial charge in [-0.05, 0) is 48.7 Å². The van der Waals surface area contributed by atoms with Gasteiger partial charge in [0.15, 0.2) is 5.82 Å². The van der Waals surface area contributed by atoms with E-state index in [-0.39, 0.29) is 11.6 Å². The zero-order valence-electron chi connectivity index (χ0n) is 16.3. The Bertz CT molecular complexity index is 981. The number of rotatable bonds is 5. The second-order valence-electron chi connectivity index (χ2n) is 7.33. The molecule has 0 unspecified atom stereocenters. The van der Waals surface area contributed by atoms with Gasteiger partial charge in [0, 0.05) is 5.69 Å². The highest BCUT2D eigenvalue weighted by Gasteiger charge is 2.41. The van der Waals surface area contributed by atoms with Gasteiger partial charge < -0.3 is 10.1 Å². The molecule has 29 heavy (non-hydrogen) atoms. The standard InChI is InChI=1S/C22H23FN4O2/c1-29-18-8-5-16(6-9-18)22(11-3-2-4-12-22)21(28)26-17-7-10-20(19(23)13-17)27-15-24-14-25-27/h5-10,13-15H,2-4,11-12H2,1H3,(H,26,28). The van der Waals surface area contributed by atoms with Crippen LogP contribution < -0.4 is 10.1 Å². The fourth-order valence-electron chi connectivity index (χ4n) is 4.07. The number of nitrogens with zero attached hydrogens (tertiary/aromatic N) is 3. The van der Waals surface area contributed by atoms with E-state index in [2.05, 4.69) is 15.4 Å². The largest absolute Gasteiger partial charge is 0.497 e. The molecular formula is C22H23FN4O2. The number of carbonyl (C=O) groups excluding carboxylic acids is 1. The summed E-state index contributed by atoms with van der Waals surface area (Å²) in [6.45, 7) is 0. The Labute approximate surface area is 168 Å². The van der Waals surface area contributed by atoms with Crippen LogP contribution in [0.15, 0.2) is 55.1 Å². The SMILES string of the molecule is COc1ccc(C2(C(=O)Nc3ccc(-n4cncn4)c(F)c3)CCCCC2)cc1. The zero-order chi connectivity index (χ0) is 20.3. The summed E-state index contributed by atoms with van der Waals surface area (Å²) in [7, 11) is 1.62. The van der Waals surface area contributed by atoms with Crippen molar-refractivity contribution in [2.24, 2.45) is 0 Å². The summed E-state index contributed by atoms with van der Waals surface area (Å²) >= 11 is 0. The molecule has 1 saturated carbocycles. The van der Waals surface area contributed by atoms with Crippen LogP contribution >= 0.6 is 0 Å². The van der Waals surface area contributed by atoms with Crippen LogP contribution in [0, 0.1) is 5.82 Å². The molecule has 1 amide bonds. The predicted octanol–water partition coefficient (Wildman–Crippen LogP) is 4.26. The summed E-state index contributed by atoms with van der Waals surface area (Å²) in [5, 5.41) is 6.88. The molecule has 0 atom stereocenters. The summed E-state index contributed by atoms with van der Waals surface area (Å²) in [6, 6.07) is 12.3. The Morgan fingerprint density at radius 3 is 2.52 bits per heavy atom. The molecule has 0 bridgehead atoms. The van der Waals surface area contributed by atoms with Crippen molar-refractivity contribution in [3.63, 3.8) is 0 Å². The summed E-state index contributed by atoms with van der Waals surface area (Å²) in [6.07, 6.45) is 7.40. The first kappa shape index (κ1) is 19.1. The van der Waals surface area contributed by atoms with Crippen LogP contribution in [-0.4, -0.2) is 27.8 Å². The smallest absolute Gasteiger partial charge is 0.235 e. The predicted molar refractivity (Wildman–Crippen MR) is 108 cm³/mol. The van der Waals surface area contributed by atoms with Gasteiger partial charge in [-0.2, -0.15) is 5.10 Å². The molecule has 1 heterocycles. The summed E-state index contributed by atoms with van der Waals surface area (Å²) in [4.78, 5) is 17.2. The number of benzene rings is 2. The fourth-order valence-corrected chi connectivity index (χ4v) is 4.07. The van der Waals surface area contributed by atoms with Crippen LogP contribution in [0.2, 0.25) is 0 Å². The molecule has 0 radical (unpaired) electrons. The molecule has 1 N–H and O–H groups in total. The first-order chi connectivity index (χ1) is 14.1. The van der Waals surface area contributed by atoms with Crippen molar-refractivity contribution in [3.05, 3.63) is 66.5 Å². The molecule has 1 aromatic heterocycles. The highest BCUT2D eigenvalue weighted by Crippen LogP contribution is 2.41. The second-order valence-corrected chi connectivity index (χ2v) is 7.33. The highest BCUT2D eigenvalue weighted by molar-refractivity contribution is 5.99. The number of methoxy groups -OCH3 is 1. The minimum atomic E-state index is -0.619. The molecule has 150 valence electrons. The lowest BCUT2D eigenvalue weighted by atomic mass is 9.68. The highest BCUT2D eigenvalue weighted by atomic mass is 19.1. The monoisotopic (exact) mass is 394 g/mol. The van der Waals surface area contributed by atoms with Crippen molar-refractivity contribution in [2.75, 3.05) is 12.4 Å². The summed E-state index contributed by atoms with van der Waals surface area (Å²) in [5.74, 6) is 0.177. The Kier molecular flexibility index (Phi) is 5.29. The van der Waals surface area contributed by atoms with Crippen molar-refractivity contribution in [3.8, 4) is 11.4 Å². The molecule has 7 heteroatoms. The van der Waals surface area contributed by atoms with Crippen molar-refractivity contribution in [2.45, 2.75) is 37.5 Å². The molecule has 0 spiro atoms. The van der Waals surface area contributed by atoms with Crippen molar-refractivity contribution in [1.29, 1.82) is 0 Å². The van der Waals surface area contributed by atoms with E-state index in [4.69, 9.17) is 4.74 Å². The lowest BCUT2D eigenvalue weighted by Crippen LogP contribution is -2.42. The Morgan fingerprint density at radius 2 is 1.90 bits per heavy atom. The molecular weight excluding hydrogens is 371 g/mol. The average molecular weight is 394 g/mol. The fraction of sp³-hybridized carbons (Fsp3) is 0.318. The van der Waals surface area contributed by atoms with Crippen LogP contribution in [0.25, 0.3) is 5.69 Å². The number of hydrogen-bond donors (Lipinski definition) is 1. The first-order valence-electron chi connectivity index (χ1n) is 9.73. The number of ether oxygens (including phenoxy) is 1. The van der Waals surface area contributed by atoms with Crippen LogP contribution in [-0.2, 0) is 10.2 Å². The maximum atomic E-state index is 14.6. The van der Waals surface area contributed by atoms with Crippen LogP contribution in [0.3, 0.4) is 0 Å². The third-order valence-corrected chi connectivity index (χ3v) is 5.66. The van der Waals surface area contributed by atoms with Crippen molar-refractivity contribution in [1.82, 2.24) is 14.8 Å². The average Bonchev–Trinajstić information content (AvgIpc) is 3.29. The van der Waals surface area contributed by atoms with Gasteiger partial charge in [0.05, 0.1) is 12.5 Å². The van der Waals surface area contributed by atoms with Crippen molar-refractivity contribution >= 4 is 11.6 Å². The van der Waals surface area contributed by atoms with Gasteiger partial charge in [-0.15, -0.1) is 0 Å². The van der Waals surface area contributed by atoms with E-state index >= 15 is 0 Å². The van der Waals surface area contributed by atoms with E-state index in [0.717, 1.165) is 43.4 Å². The van der Waals surface area contributed by atoms with Gasteiger partial charge >= 0.3 is 0 Å². The first-order valence-corrected chi connectivity index (χ1v) is 9.73. The number of anilines is 1. The van der Waals surface area contributed by atoms with E-state index in [1.54, 1.807) is 19.2 Å². The molecule has 4 rings (SSSR count). The molecule has 1 aliphatic rings. The van der Waals surface area contributed by atoms with E-state index < -0.39 is 11.2 Å². The molecule has 1 aliphatic carbocycles. The van der Waals surface area contributed by atoms with Crippen LogP contribution in [0.1, 0.15) is 37.7 Å². The molecule has 0 saturated heterocycles. The quantitative estimate of drug-likeness (QED) is 0.702. The van der Waals surface area contributed by atoms with Gasteiger partial charge in [0.1, 0.15) is 24.1 Å². The molecule has 6 nitrogen and oxygen atoms in total. The number of amides is 1. The zero-order valence-corrected chi connectivity index (χ0v) is 16.3. The Morgan fingerprint density at radius 1 is 1.14 bits per heavy atom. The van der Waals surface area contributed by atoms with Crippen molar-refractivity contribution < 1.29 is 13.9 Å². The lowest BCUT2D eigenvalue weighted by Gasteiger charge is -2.36. The second kappa shape index (κ2) is 8.03. The number of aromatic nitrogens is 3. The number of nitrogens with one attached hydrogen (secondary N) is 1. The van der Waals surface area contributed by atoms with Crippen LogP contribution in [0.5, 0.6) is 5.75 Å². The molecule has 1 fully saturated rings. The topological polar surface area (TPSA) is 69.0 Å². The molecule has 2 aromatic carbocycles. The van der Waals surface area contributed by atoms with Gasteiger partial charge in [0.2, 0.25) is 5.91 Å². The van der Waals surface area contributed by atoms with Gasteiger partial charge in [0.25, 0.3) is 0 Å².